The van der Waals surface area contributed by atoms with Gasteiger partial charge in [0, 0.05) is 0 Å². The maximum absolute atomic E-state index is 2.46. The zero-order chi connectivity index (χ0) is 25.1. The molecule has 0 amide bonds. The van der Waals surface area contributed by atoms with E-state index in [1.54, 1.807) is 5.20 Å². The van der Waals surface area contributed by atoms with Crippen molar-refractivity contribution in [1.82, 2.24) is 0 Å². The van der Waals surface area contributed by atoms with E-state index in [9.17, 15) is 0 Å². The van der Waals surface area contributed by atoms with Crippen LogP contribution in [0.25, 0.3) is 27.1 Å². The van der Waals surface area contributed by atoms with Gasteiger partial charge in [-0.15, -0.1) is 33.7 Å². The summed E-state index contributed by atoms with van der Waals surface area (Å²) < 4.78 is 1.42. The quantitative estimate of drug-likeness (QED) is 0.152. The van der Waals surface area contributed by atoms with E-state index in [1.165, 1.54) is 71.2 Å². The Kier molecular flexibility index (Phi) is 7.37. The van der Waals surface area contributed by atoms with Crippen molar-refractivity contribution >= 4 is 38.4 Å². The summed E-state index contributed by atoms with van der Waals surface area (Å²) in [5.74, 6) is 0. The molecule has 0 atom stereocenters. The van der Waals surface area contributed by atoms with E-state index in [2.05, 4.69) is 141 Å². The summed E-state index contributed by atoms with van der Waals surface area (Å²) in [6.07, 6.45) is 5.99. The topological polar surface area (TPSA) is 0 Å². The number of hydrogen-bond donors (Lipinski definition) is 0. The van der Waals surface area contributed by atoms with Crippen LogP contribution < -0.4 is 0 Å². The first-order valence-electron chi connectivity index (χ1n) is 12.6. The Labute approximate surface area is 230 Å². The van der Waals surface area contributed by atoms with Crippen LogP contribution in [0, 0.1) is 0 Å². The van der Waals surface area contributed by atoms with Gasteiger partial charge in [-0.2, -0.15) is 0 Å². The molecule has 2 heteroatoms. The predicted molar refractivity (Wildman–Crippen MR) is 157 cm³/mol. The predicted octanol–water partition coefficient (Wildman–Crippen LogP) is 9.11. The summed E-state index contributed by atoms with van der Waals surface area (Å²) in [6, 6.07) is 38.9. The van der Waals surface area contributed by atoms with Crippen molar-refractivity contribution in [3.05, 3.63) is 143 Å². The van der Waals surface area contributed by atoms with E-state index in [4.69, 9.17) is 0 Å². The van der Waals surface area contributed by atoms with Crippen LogP contribution in [0.1, 0.15) is 23.1 Å². The molecule has 0 spiro atoms. The number of fused-ring (bicyclic) bond motifs is 3. The monoisotopic (exact) mass is 557 g/mol. The van der Waals surface area contributed by atoms with Gasteiger partial charge in [0.2, 0.25) is 0 Å². The molecule has 5 aromatic carbocycles. The number of benzene rings is 4. The molecule has 1 aliphatic carbocycles. The van der Waals surface area contributed by atoms with Crippen LogP contribution in [0.15, 0.2) is 127 Å². The summed E-state index contributed by atoms with van der Waals surface area (Å²) in [6.45, 7) is 7.28. The van der Waals surface area contributed by atoms with Gasteiger partial charge < -0.3 is 0 Å². The molecule has 0 aromatic heterocycles. The molecule has 1 aliphatic rings. The SMILES string of the molecule is C[Si](C)(C)C1=CCC(c2cccc3c2[cH-]c2ccccc23)=C1.[Zr]=[C](c1ccccc1)c1ccccc1. The number of rotatable bonds is 4. The average molecular weight is 559 g/mol. The molecule has 6 rings (SSSR count). The van der Waals surface area contributed by atoms with Gasteiger partial charge in [-0.05, 0) is 6.42 Å². The molecular formula is C34H31SiZr-. The van der Waals surface area contributed by atoms with Gasteiger partial charge in [-0.1, -0.05) is 84.5 Å². The molecule has 0 unspecified atom stereocenters. The molecule has 0 heterocycles. The Bertz CT molecular complexity index is 1540. The summed E-state index contributed by atoms with van der Waals surface area (Å²) in [7, 11) is -1.21. The third-order valence-corrected chi connectivity index (χ3v) is 10.4. The third kappa shape index (κ3) is 5.31. The molecule has 0 fully saturated rings. The number of allylic oxidation sites excluding steroid dienone is 4. The standard InChI is InChI=1S/C21H21Si.C13H10.Zr/c1-22(2,3)17-12-11-16(13-17)19-9-6-10-20-18-8-5-4-7-15(18)14-21(19)20;1-3-7-12(8-4-1)11-13-9-5-2-6-10-13;/h4-10,12-14H,11H2,1-3H3;1-10H;/q-1;;. The van der Waals surface area contributed by atoms with Crippen LogP contribution in [-0.2, 0) is 24.2 Å². The van der Waals surface area contributed by atoms with Gasteiger partial charge in [0.25, 0.3) is 0 Å². The van der Waals surface area contributed by atoms with Crippen LogP contribution in [0.2, 0.25) is 19.6 Å². The second-order valence-electron chi connectivity index (χ2n) is 10.4. The van der Waals surface area contributed by atoms with E-state index in [1.807, 2.05) is 0 Å². The van der Waals surface area contributed by atoms with Crippen molar-refractivity contribution in [1.29, 1.82) is 0 Å². The summed E-state index contributed by atoms with van der Waals surface area (Å²) in [5.41, 5.74) is 5.56. The van der Waals surface area contributed by atoms with Crippen LogP contribution in [0.3, 0.4) is 0 Å². The molecule has 0 bridgehead atoms. The molecule has 0 N–H and O–H groups in total. The Morgan fingerprint density at radius 1 is 0.694 bits per heavy atom. The van der Waals surface area contributed by atoms with Crippen molar-refractivity contribution in [2.75, 3.05) is 0 Å². The molecule has 5 aromatic rings. The molecule has 36 heavy (non-hydrogen) atoms. The van der Waals surface area contributed by atoms with Crippen molar-refractivity contribution in [2.45, 2.75) is 26.1 Å². The van der Waals surface area contributed by atoms with E-state index < -0.39 is 8.07 Å². The van der Waals surface area contributed by atoms with E-state index in [0.29, 0.717) is 0 Å². The van der Waals surface area contributed by atoms with E-state index in [-0.39, 0.29) is 0 Å². The minimum atomic E-state index is -1.21. The van der Waals surface area contributed by atoms with E-state index >= 15 is 0 Å². The fraction of sp³-hybridized carbons (Fsp3) is 0.118. The minimum absolute atomic E-state index is 1.08. The van der Waals surface area contributed by atoms with Crippen LogP contribution in [0.4, 0.5) is 0 Å². The summed E-state index contributed by atoms with van der Waals surface area (Å²) in [5, 5.41) is 7.10. The normalized spacial score (nSPS) is 13.2. The van der Waals surface area contributed by atoms with E-state index in [0.717, 1.165) is 6.42 Å². The fourth-order valence-electron chi connectivity index (χ4n) is 4.87. The van der Waals surface area contributed by atoms with Gasteiger partial charge in [-0.25, -0.2) is 0 Å². The zero-order valence-corrected chi connectivity index (χ0v) is 24.7. The Balaban J connectivity index is 0.000000165. The van der Waals surface area contributed by atoms with Crippen molar-refractivity contribution in [3.8, 4) is 0 Å². The Hall–Kier alpha value is -2.80. The molecule has 176 valence electrons. The molecule has 0 aliphatic heterocycles. The Morgan fingerprint density at radius 2 is 1.28 bits per heavy atom. The molecule has 0 radical (unpaired) electrons. The fourth-order valence-corrected chi connectivity index (χ4v) is 7.01. The molecule has 0 saturated carbocycles. The molecule has 0 saturated heterocycles. The van der Waals surface area contributed by atoms with Crippen LogP contribution in [0.5, 0.6) is 0 Å². The Morgan fingerprint density at radius 3 is 1.89 bits per heavy atom. The summed E-state index contributed by atoms with van der Waals surface area (Å²) in [4.78, 5) is 0. The second kappa shape index (κ2) is 10.7. The third-order valence-electron chi connectivity index (χ3n) is 6.87. The molecular weight excluding hydrogens is 528 g/mol. The van der Waals surface area contributed by atoms with Gasteiger partial charge >= 0.3 is 99.2 Å². The van der Waals surface area contributed by atoms with Gasteiger partial charge in [-0.3, -0.25) is 0 Å². The van der Waals surface area contributed by atoms with Crippen molar-refractivity contribution < 1.29 is 24.2 Å². The van der Waals surface area contributed by atoms with Crippen LogP contribution in [-0.4, -0.2) is 11.3 Å². The van der Waals surface area contributed by atoms with Gasteiger partial charge in [0.15, 0.2) is 0 Å². The van der Waals surface area contributed by atoms with Gasteiger partial charge in [0.05, 0.1) is 8.07 Å². The second-order valence-corrected chi connectivity index (χ2v) is 16.7. The van der Waals surface area contributed by atoms with Crippen molar-refractivity contribution in [3.63, 3.8) is 0 Å². The van der Waals surface area contributed by atoms with Crippen molar-refractivity contribution in [2.24, 2.45) is 0 Å². The first-order valence-corrected chi connectivity index (χ1v) is 17.3. The summed E-state index contributed by atoms with van der Waals surface area (Å²) >= 11 is 1.46. The van der Waals surface area contributed by atoms with Crippen LogP contribution >= 0.6 is 0 Å². The first-order chi connectivity index (χ1) is 17.4. The first kappa shape index (κ1) is 24.9. The average Bonchev–Trinajstić information content (AvgIpc) is 3.55. The zero-order valence-electron chi connectivity index (χ0n) is 21.3. The molecule has 0 nitrogen and oxygen atoms in total. The van der Waals surface area contributed by atoms with Gasteiger partial charge in [0.1, 0.15) is 0 Å². The number of hydrogen-bond acceptors (Lipinski definition) is 0. The maximum atomic E-state index is 2.46.